The molecule has 0 unspecified atom stereocenters. The number of alkyl halides is 3. The molecule has 68 heavy (non-hydrogen) atoms. The van der Waals surface area contributed by atoms with Crippen molar-refractivity contribution < 1.29 is 13.2 Å². The second kappa shape index (κ2) is 17.1. The monoisotopic (exact) mass is 887 g/mol. The van der Waals surface area contributed by atoms with E-state index in [-0.39, 0.29) is 0 Å². The zero-order chi connectivity index (χ0) is 46.5. The first-order chi connectivity index (χ1) is 33.1. The number of nitrogens with zero attached hydrogens (tertiary/aromatic N) is 3. The molecule has 0 saturated carbocycles. The number of fused-ring (bicyclic) bond motifs is 3. The molecule has 3 nitrogen and oxygen atoms in total. The number of hydrogen-bond acceptors (Lipinski definition) is 2. The molecular formula is C62H44F3N3. The van der Waals surface area contributed by atoms with Crippen LogP contribution in [0.1, 0.15) is 22.3 Å². The van der Waals surface area contributed by atoms with Crippen LogP contribution in [0.2, 0.25) is 0 Å². The van der Waals surface area contributed by atoms with E-state index in [9.17, 15) is 13.2 Å². The average molecular weight is 888 g/mol. The van der Waals surface area contributed by atoms with Crippen molar-refractivity contribution in [1.82, 2.24) is 14.5 Å². The van der Waals surface area contributed by atoms with E-state index in [2.05, 4.69) is 135 Å². The molecule has 0 bridgehead atoms. The van der Waals surface area contributed by atoms with Gasteiger partial charge in [-0.05, 0) is 120 Å². The van der Waals surface area contributed by atoms with Crippen molar-refractivity contribution in [3.05, 3.63) is 235 Å². The van der Waals surface area contributed by atoms with E-state index in [1.165, 1.54) is 12.1 Å². The molecule has 0 radical (unpaired) electrons. The van der Waals surface area contributed by atoms with Crippen molar-refractivity contribution in [2.24, 2.45) is 0 Å². The number of hydrogen-bond donors (Lipinski definition) is 0. The fourth-order valence-corrected chi connectivity index (χ4v) is 9.60. The van der Waals surface area contributed by atoms with E-state index in [4.69, 9.17) is 9.97 Å². The first-order valence-corrected chi connectivity index (χ1v) is 22.7. The van der Waals surface area contributed by atoms with Gasteiger partial charge in [0.2, 0.25) is 0 Å². The lowest BCUT2D eigenvalue weighted by Crippen LogP contribution is -2.06. The van der Waals surface area contributed by atoms with Crippen LogP contribution < -0.4 is 0 Å². The highest BCUT2D eigenvalue weighted by Crippen LogP contribution is 2.46. The molecule has 0 fully saturated rings. The van der Waals surface area contributed by atoms with E-state index in [0.717, 1.165) is 106 Å². The van der Waals surface area contributed by atoms with Gasteiger partial charge in [0.1, 0.15) is 0 Å². The fraction of sp³-hybridized carbons (Fsp3) is 0.0645. The van der Waals surface area contributed by atoms with Gasteiger partial charge in [-0.3, -0.25) is 0 Å². The molecule has 11 aromatic rings. The second-order valence-corrected chi connectivity index (χ2v) is 17.5. The zero-order valence-electron chi connectivity index (χ0n) is 37.7. The topological polar surface area (TPSA) is 30.7 Å². The van der Waals surface area contributed by atoms with Gasteiger partial charge in [0, 0.05) is 38.6 Å². The molecule has 0 saturated heterocycles. The Morgan fingerprint density at radius 2 is 0.824 bits per heavy atom. The Morgan fingerprint density at radius 1 is 0.368 bits per heavy atom. The zero-order valence-corrected chi connectivity index (χ0v) is 37.7. The van der Waals surface area contributed by atoms with Gasteiger partial charge in [0.15, 0.2) is 5.82 Å². The standard InChI is InChI=1S/C62H44F3N3/c1-39-16-14-23-44(32-39)52-36-48(61-66-56(42-19-6-4-7-20-42)38-57(67-61)43-21-8-5-9-22-43)37-53(45-24-15-25-49(33-45)62(63,64)65)60(52)68-58-30-28-46(50-26-12-10-17-40(50)2)34-54(58)55-35-47(29-31-59(55)68)51-27-13-11-18-41(51)3/h4-38H,1-3H3. The Kier molecular flexibility index (Phi) is 10.7. The Labute approximate surface area is 393 Å². The lowest BCUT2D eigenvalue weighted by Gasteiger charge is -2.22. The smallest absolute Gasteiger partial charge is 0.308 e. The largest absolute Gasteiger partial charge is 0.416 e. The maximum Gasteiger partial charge on any atom is 0.416 e. The summed E-state index contributed by atoms with van der Waals surface area (Å²) >= 11 is 0. The second-order valence-electron chi connectivity index (χ2n) is 17.5. The van der Waals surface area contributed by atoms with Crippen molar-refractivity contribution in [1.29, 1.82) is 0 Å². The molecule has 9 aromatic carbocycles. The minimum absolute atomic E-state index is 0.413. The van der Waals surface area contributed by atoms with Gasteiger partial charge in [-0.25, -0.2) is 9.97 Å². The third kappa shape index (κ3) is 7.84. The lowest BCUT2D eigenvalue weighted by molar-refractivity contribution is -0.137. The third-order valence-electron chi connectivity index (χ3n) is 13.0. The predicted molar refractivity (Wildman–Crippen MR) is 274 cm³/mol. The molecule has 328 valence electrons. The normalized spacial score (nSPS) is 11.7. The summed E-state index contributed by atoms with van der Waals surface area (Å²) in [6.07, 6.45) is -4.57. The lowest BCUT2D eigenvalue weighted by atomic mass is 9.91. The maximum absolute atomic E-state index is 14.8. The maximum atomic E-state index is 14.8. The fourth-order valence-electron chi connectivity index (χ4n) is 9.60. The molecule has 0 amide bonds. The van der Waals surface area contributed by atoms with Gasteiger partial charge < -0.3 is 4.57 Å². The number of rotatable bonds is 8. The van der Waals surface area contributed by atoms with Crippen molar-refractivity contribution in [3.63, 3.8) is 0 Å². The summed E-state index contributed by atoms with van der Waals surface area (Å²) in [5.74, 6) is 0.451. The third-order valence-corrected chi connectivity index (χ3v) is 13.0. The van der Waals surface area contributed by atoms with Gasteiger partial charge in [-0.1, -0.05) is 163 Å². The molecule has 6 heteroatoms. The minimum atomic E-state index is -4.57. The highest BCUT2D eigenvalue weighted by atomic mass is 19.4. The van der Waals surface area contributed by atoms with Crippen molar-refractivity contribution in [3.8, 4) is 84.1 Å². The summed E-state index contributed by atoms with van der Waals surface area (Å²) in [6, 6.07) is 69.9. The minimum Gasteiger partial charge on any atom is -0.308 e. The van der Waals surface area contributed by atoms with Crippen molar-refractivity contribution in [2.75, 3.05) is 0 Å². The number of aromatic nitrogens is 3. The first kappa shape index (κ1) is 42.3. The Hall–Kier alpha value is -8.35. The number of aryl methyl sites for hydroxylation is 3. The average Bonchev–Trinajstić information content (AvgIpc) is 3.69. The van der Waals surface area contributed by atoms with Crippen LogP contribution in [0, 0.1) is 20.8 Å². The predicted octanol–water partition coefficient (Wildman–Crippen LogP) is 17.2. The molecule has 11 rings (SSSR count). The summed E-state index contributed by atoms with van der Waals surface area (Å²) < 4.78 is 46.7. The van der Waals surface area contributed by atoms with Crippen molar-refractivity contribution >= 4 is 21.8 Å². The van der Waals surface area contributed by atoms with E-state index in [0.29, 0.717) is 22.5 Å². The van der Waals surface area contributed by atoms with Crippen LogP contribution in [0.4, 0.5) is 13.2 Å². The van der Waals surface area contributed by atoms with Gasteiger partial charge in [-0.2, -0.15) is 13.2 Å². The highest BCUT2D eigenvalue weighted by molar-refractivity contribution is 6.13. The first-order valence-electron chi connectivity index (χ1n) is 22.7. The van der Waals surface area contributed by atoms with Crippen LogP contribution in [0.15, 0.2) is 212 Å². The highest BCUT2D eigenvalue weighted by Gasteiger charge is 2.31. The number of halogens is 3. The molecular weight excluding hydrogens is 844 g/mol. The van der Waals surface area contributed by atoms with Gasteiger partial charge >= 0.3 is 6.18 Å². The van der Waals surface area contributed by atoms with Crippen molar-refractivity contribution in [2.45, 2.75) is 26.9 Å². The summed E-state index contributed by atoms with van der Waals surface area (Å²) in [5, 5.41) is 2.05. The van der Waals surface area contributed by atoms with Crippen LogP contribution in [0.5, 0.6) is 0 Å². The summed E-state index contributed by atoms with van der Waals surface area (Å²) in [7, 11) is 0. The van der Waals surface area contributed by atoms with Crippen LogP contribution in [0.3, 0.4) is 0 Å². The van der Waals surface area contributed by atoms with Crippen LogP contribution >= 0.6 is 0 Å². The Bertz CT molecular complexity index is 3540. The van der Waals surface area contributed by atoms with Gasteiger partial charge in [0.25, 0.3) is 0 Å². The summed E-state index contributed by atoms with van der Waals surface area (Å²) in [4.78, 5) is 10.5. The van der Waals surface area contributed by atoms with Crippen LogP contribution in [-0.4, -0.2) is 14.5 Å². The Balaban J connectivity index is 1.28. The van der Waals surface area contributed by atoms with Gasteiger partial charge in [-0.15, -0.1) is 0 Å². The molecule has 2 aromatic heterocycles. The van der Waals surface area contributed by atoms with E-state index >= 15 is 0 Å². The Morgan fingerprint density at radius 3 is 1.32 bits per heavy atom. The van der Waals surface area contributed by atoms with Crippen LogP contribution in [0.25, 0.3) is 106 Å². The summed E-state index contributed by atoms with van der Waals surface area (Å²) in [6.45, 7) is 6.30. The van der Waals surface area contributed by atoms with Crippen LogP contribution in [-0.2, 0) is 6.18 Å². The molecule has 0 aliphatic rings. The quantitative estimate of drug-likeness (QED) is 0.152. The molecule has 0 spiro atoms. The van der Waals surface area contributed by atoms with E-state index < -0.39 is 11.7 Å². The SMILES string of the molecule is Cc1cccc(-c2cc(-c3nc(-c4ccccc4)cc(-c4ccccc4)n3)cc(-c3cccc(C(F)(F)F)c3)c2-n2c3ccc(-c4ccccc4C)cc3c3cc(-c4ccccc4C)ccc32)c1. The summed E-state index contributed by atoms with van der Waals surface area (Å²) in [5.41, 5.74) is 16.3. The van der Waals surface area contributed by atoms with E-state index in [1.807, 2.05) is 78.9 Å². The molecule has 0 aliphatic carbocycles. The van der Waals surface area contributed by atoms with E-state index in [1.54, 1.807) is 6.07 Å². The molecule has 0 atom stereocenters. The molecule has 0 N–H and O–H groups in total. The van der Waals surface area contributed by atoms with Gasteiger partial charge in [0.05, 0.1) is 33.7 Å². The molecule has 0 aliphatic heterocycles. The molecule has 2 heterocycles. The number of benzene rings is 9.